The van der Waals surface area contributed by atoms with Gasteiger partial charge in [0.1, 0.15) is 5.60 Å². The summed E-state index contributed by atoms with van der Waals surface area (Å²) in [6, 6.07) is 9.65. The molecule has 2 heterocycles. The fourth-order valence-electron chi connectivity index (χ4n) is 2.88. The second-order valence-electron chi connectivity index (χ2n) is 5.86. The van der Waals surface area contributed by atoms with Crippen LogP contribution in [0.3, 0.4) is 0 Å². The minimum atomic E-state index is -1.04. The third kappa shape index (κ3) is 3.41. The number of oxime groups is 1. The zero-order valence-corrected chi connectivity index (χ0v) is 12.6. The summed E-state index contributed by atoms with van der Waals surface area (Å²) in [5.41, 5.74) is 0.495. The average Bonchev–Trinajstić information content (AvgIpc) is 2.98. The van der Waals surface area contributed by atoms with Crippen LogP contribution in [0.15, 0.2) is 41.6 Å². The Labute approximate surface area is 134 Å². The Morgan fingerprint density at radius 3 is 2.52 bits per heavy atom. The first-order chi connectivity index (χ1) is 11.1. The molecule has 1 fully saturated rings. The van der Waals surface area contributed by atoms with Crippen molar-refractivity contribution < 1.29 is 19.5 Å². The molecular formula is C17H18N2O4. The molecule has 1 amide bonds. The highest BCUT2D eigenvalue weighted by atomic mass is 16.7. The molecule has 0 aliphatic carbocycles. The molecule has 1 saturated heterocycles. The molecule has 1 aromatic carbocycles. The van der Waals surface area contributed by atoms with Crippen LogP contribution in [0.5, 0.6) is 0 Å². The molecule has 23 heavy (non-hydrogen) atoms. The van der Waals surface area contributed by atoms with E-state index in [1.165, 1.54) is 0 Å². The molecule has 0 unspecified atom stereocenters. The third-order valence-corrected chi connectivity index (χ3v) is 4.29. The Morgan fingerprint density at radius 2 is 1.91 bits per heavy atom. The molecule has 6 heteroatoms. The standard InChI is InChI=1S/C17H18N2O4/c20-15(7-6-13-4-2-1-3-5-13)19-10-8-17(9-11-19)12-14(16(21)22)18-23-17/h1-7H,8-12H2,(H,21,22)/b7-6+. The SMILES string of the molecule is O=C(O)C1=NOC2(CCN(C(=O)/C=C/c3ccccc3)CC2)C1. The molecule has 1 N–H and O–H groups in total. The monoisotopic (exact) mass is 314 g/mol. The molecule has 1 aromatic rings. The fraction of sp³-hybridized carbons (Fsp3) is 0.353. The summed E-state index contributed by atoms with van der Waals surface area (Å²) in [6.07, 6.45) is 4.87. The van der Waals surface area contributed by atoms with E-state index in [9.17, 15) is 9.59 Å². The molecule has 6 nitrogen and oxygen atoms in total. The molecule has 0 saturated carbocycles. The molecule has 3 rings (SSSR count). The van der Waals surface area contributed by atoms with E-state index in [-0.39, 0.29) is 11.6 Å². The van der Waals surface area contributed by atoms with E-state index in [0.29, 0.717) is 32.4 Å². The third-order valence-electron chi connectivity index (χ3n) is 4.29. The van der Waals surface area contributed by atoms with E-state index in [4.69, 9.17) is 9.94 Å². The topological polar surface area (TPSA) is 79.2 Å². The van der Waals surface area contributed by atoms with Gasteiger partial charge < -0.3 is 14.8 Å². The molecule has 2 aliphatic rings. The van der Waals surface area contributed by atoms with Crippen LogP contribution in [0, 0.1) is 0 Å². The van der Waals surface area contributed by atoms with Gasteiger partial charge in [-0.3, -0.25) is 4.79 Å². The van der Waals surface area contributed by atoms with Gasteiger partial charge in [0.2, 0.25) is 5.91 Å². The van der Waals surface area contributed by atoms with E-state index >= 15 is 0 Å². The Morgan fingerprint density at radius 1 is 1.22 bits per heavy atom. The smallest absolute Gasteiger partial charge is 0.353 e. The lowest BCUT2D eigenvalue weighted by Gasteiger charge is -2.36. The first kappa shape index (κ1) is 15.3. The first-order valence-electron chi connectivity index (χ1n) is 7.58. The second-order valence-corrected chi connectivity index (χ2v) is 5.86. The number of aliphatic carboxylic acids is 1. The highest BCUT2D eigenvalue weighted by molar-refractivity contribution is 6.36. The predicted octanol–water partition coefficient (Wildman–Crippen LogP) is 1.92. The molecule has 2 aliphatic heterocycles. The number of carbonyl (C=O) groups excluding carboxylic acids is 1. The number of likely N-dealkylation sites (tertiary alicyclic amines) is 1. The molecule has 0 bridgehead atoms. The Kier molecular flexibility index (Phi) is 4.14. The zero-order chi connectivity index (χ0) is 16.3. The zero-order valence-electron chi connectivity index (χ0n) is 12.6. The maximum atomic E-state index is 12.2. The van der Waals surface area contributed by atoms with Crippen molar-refractivity contribution in [2.45, 2.75) is 24.9 Å². The normalized spacial score (nSPS) is 19.7. The first-order valence-corrected chi connectivity index (χ1v) is 7.58. The van der Waals surface area contributed by atoms with Gasteiger partial charge in [0, 0.05) is 38.4 Å². The van der Waals surface area contributed by atoms with Gasteiger partial charge in [-0.15, -0.1) is 0 Å². The summed E-state index contributed by atoms with van der Waals surface area (Å²) in [5, 5.41) is 12.6. The van der Waals surface area contributed by atoms with Gasteiger partial charge in [-0.2, -0.15) is 0 Å². The lowest BCUT2D eigenvalue weighted by Crippen LogP contribution is -2.46. The molecule has 0 atom stereocenters. The number of amides is 1. The largest absolute Gasteiger partial charge is 0.477 e. The van der Waals surface area contributed by atoms with Crippen LogP contribution in [0.4, 0.5) is 0 Å². The van der Waals surface area contributed by atoms with Crippen LogP contribution < -0.4 is 0 Å². The maximum Gasteiger partial charge on any atom is 0.353 e. The van der Waals surface area contributed by atoms with Crippen LogP contribution in [-0.2, 0) is 14.4 Å². The number of hydrogen-bond donors (Lipinski definition) is 1. The van der Waals surface area contributed by atoms with E-state index < -0.39 is 11.6 Å². The van der Waals surface area contributed by atoms with Crippen LogP contribution >= 0.6 is 0 Å². The van der Waals surface area contributed by atoms with Gasteiger partial charge in [-0.05, 0) is 11.6 Å². The fourth-order valence-corrected chi connectivity index (χ4v) is 2.88. The molecular weight excluding hydrogens is 296 g/mol. The van der Waals surface area contributed by atoms with Gasteiger partial charge in [-0.25, -0.2) is 4.79 Å². The van der Waals surface area contributed by atoms with Crippen LogP contribution in [0.25, 0.3) is 6.08 Å². The molecule has 120 valence electrons. The molecule has 0 aromatic heterocycles. The number of carbonyl (C=O) groups is 2. The van der Waals surface area contributed by atoms with Gasteiger partial charge in [0.15, 0.2) is 5.71 Å². The van der Waals surface area contributed by atoms with E-state index in [2.05, 4.69) is 5.16 Å². The Hall–Kier alpha value is -2.63. The van der Waals surface area contributed by atoms with Crippen molar-refractivity contribution in [3.8, 4) is 0 Å². The van der Waals surface area contributed by atoms with Crippen molar-refractivity contribution in [1.82, 2.24) is 4.90 Å². The van der Waals surface area contributed by atoms with E-state index in [0.717, 1.165) is 5.56 Å². The van der Waals surface area contributed by atoms with Crippen molar-refractivity contribution in [3.05, 3.63) is 42.0 Å². The summed E-state index contributed by atoms with van der Waals surface area (Å²) in [4.78, 5) is 30.3. The van der Waals surface area contributed by atoms with Crippen LogP contribution in [0.2, 0.25) is 0 Å². The van der Waals surface area contributed by atoms with Crippen molar-refractivity contribution in [1.29, 1.82) is 0 Å². The van der Waals surface area contributed by atoms with Crippen LogP contribution in [-0.4, -0.2) is 46.3 Å². The number of piperidine rings is 1. The van der Waals surface area contributed by atoms with Crippen molar-refractivity contribution in [3.63, 3.8) is 0 Å². The number of nitrogens with zero attached hydrogens (tertiary/aromatic N) is 2. The van der Waals surface area contributed by atoms with Crippen molar-refractivity contribution >= 4 is 23.7 Å². The number of carboxylic acids is 1. The summed E-state index contributed by atoms with van der Waals surface area (Å²) in [7, 11) is 0. The highest BCUT2D eigenvalue weighted by Gasteiger charge is 2.44. The Bertz CT molecular complexity index is 658. The Balaban J connectivity index is 1.54. The minimum Gasteiger partial charge on any atom is -0.477 e. The van der Waals surface area contributed by atoms with Gasteiger partial charge in [-0.1, -0.05) is 35.5 Å². The summed E-state index contributed by atoms with van der Waals surface area (Å²) in [6.45, 7) is 1.08. The van der Waals surface area contributed by atoms with Gasteiger partial charge >= 0.3 is 5.97 Å². The number of carboxylic acid groups (broad SMARTS) is 1. The summed E-state index contributed by atoms with van der Waals surface area (Å²) >= 11 is 0. The maximum absolute atomic E-state index is 12.2. The number of rotatable bonds is 3. The van der Waals surface area contributed by atoms with Crippen molar-refractivity contribution in [2.24, 2.45) is 5.16 Å². The van der Waals surface area contributed by atoms with E-state index in [1.54, 1.807) is 17.1 Å². The lowest BCUT2D eigenvalue weighted by atomic mass is 9.87. The molecule has 1 spiro atoms. The molecule has 0 radical (unpaired) electrons. The van der Waals surface area contributed by atoms with Gasteiger partial charge in [0.05, 0.1) is 0 Å². The van der Waals surface area contributed by atoms with E-state index in [1.807, 2.05) is 30.3 Å². The number of benzene rings is 1. The minimum absolute atomic E-state index is 0.0407. The quantitative estimate of drug-likeness (QED) is 0.865. The summed E-state index contributed by atoms with van der Waals surface area (Å²) in [5.74, 6) is -1.08. The van der Waals surface area contributed by atoms with Crippen LogP contribution in [0.1, 0.15) is 24.8 Å². The van der Waals surface area contributed by atoms with Crippen molar-refractivity contribution in [2.75, 3.05) is 13.1 Å². The van der Waals surface area contributed by atoms with Gasteiger partial charge in [0.25, 0.3) is 0 Å². The summed E-state index contributed by atoms with van der Waals surface area (Å²) < 4.78 is 0. The average molecular weight is 314 g/mol. The highest BCUT2D eigenvalue weighted by Crippen LogP contribution is 2.34. The number of hydrogen-bond acceptors (Lipinski definition) is 4. The second kappa shape index (κ2) is 6.24. The predicted molar refractivity (Wildman–Crippen MR) is 84.8 cm³/mol. The lowest BCUT2D eigenvalue weighted by molar-refractivity contribution is -0.132.